The Morgan fingerprint density at radius 2 is 1.93 bits per heavy atom. The Labute approximate surface area is 268 Å². The number of carbonyl (C=O) groups excluding carboxylic acids is 2. The topological polar surface area (TPSA) is 120 Å². The zero-order chi connectivity index (χ0) is 30.6. The molecular formula is C31H33BrClN8O3+. The van der Waals surface area contributed by atoms with E-state index in [0.29, 0.717) is 36.9 Å². The highest BCUT2D eigenvalue weighted by Crippen LogP contribution is 2.38. The molecule has 13 heteroatoms. The van der Waals surface area contributed by atoms with E-state index in [4.69, 9.17) is 16.6 Å². The summed E-state index contributed by atoms with van der Waals surface area (Å²) in [5.41, 5.74) is 4.88. The van der Waals surface area contributed by atoms with Crippen molar-refractivity contribution in [2.75, 3.05) is 31.5 Å². The van der Waals surface area contributed by atoms with Crippen LogP contribution in [-0.2, 0) is 24.2 Å². The van der Waals surface area contributed by atoms with Crippen LogP contribution in [0, 0.1) is 0 Å². The van der Waals surface area contributed by atoms with Crippen LogP contribution in [-0.4, -0.2) is 73.7 Å². The first-order valence-corrected chi connectivity index (χ1v) is 15.7. The number of nitrogens with zero attached hydrogens (tertiary/aromatic N) is 6. The second-order valence-corrected chi connectivity index (χ2v) is 12.3. The average Bonchev–Trinajstić information content (AvgIpc) is 3.49. The van der Waals surface area contributed by atoms with E-state index < -0.39 is 6.04 Å². The van der Waals surface area contributed by atoms with Crippen molar-refractivity contribution in [1.82, 2.24) is 29.7 Å². The highest BCUT2D eigenvalue weighted by Gasteiger charge is 2.40. The number of benzene rings is 1. The second-order valence-electron chi connectivity index (χ2n) is 11.0. The number of urea groups is 1. The first kappa shape index (κ1) is 30.0. The molecule has 228 valence electrons. The van der Waals surface area contributed by atoms with Crippen LogP contribution in [0.25, 0.3) is 0 Å². The second kappa shape index (κ2) is 13.3. The molecule has 0 bridgehead atoms. The molecule has 2 aliphatic rings. The molecule has 1 aliphatic heterocycles. The van der Waals surface area contributed by atoms with Gasteiger partial charge in [-0.05, 0) is 70.1 Å². The quantitative estimate of drug-likeness (QED) is 0.155. The van der Waals surface area contributed by atoms with E-state index >= 15 is 0 Å². The zero-order valence-electron chi connectivity index (χ0n) is 23.9. The van der Waals surface area contributed by atoms with E-state index in [2.05, 4.69) is 48.6 Å². The van der Waals surface area contributed by atoms with E-state index in [1.54, 1.807) is 29.6 Å². The van der Waals surface area contributed by atoms with E-state index in [-0.39, 0.29) is 18.0 Å². The first-order valence-electron chi connectivity index (χ1n) is 14.5. The molecule has 0 spiro atoms. The van der Waals surface area contributed by atoms with Gasteiger partial charge in [-0.2, -0.15) is 0 Å². The van der Waals surface area contributed by atoms with Crippen molar-refractivity contribution in [3.63, 3.8) is 0 Å². The third-order valence-electron chi connectivity index (χ3n) is 8.15. The Morgan fingerprint density at radius 3 is 2.73 bits per heavy atom. The van der Waals surface area contributed by atoms with Gasteiger partial charge < -0.3 is 20.1 Å². The fourth-order valence-electron chi connectivity index (χ4n) is 6.00. The van der Waals surface area contributed by atoms with Gasteiger partial charge in [0.1, 0.15) is 6.04 Å². The number of halogens is 2. The van der Waals surface area contributed by atoms with Crippen LogP contribution in [0.3, 0.4) is 0 Å². The van der Waals surface area contributed by atoms with Gasteiger partial charge in [-0.1, -0.05) is 17.7 Å². The number of amides is 3. The van der Waals surface area contributed by atoms with Gasteiger partial charge in [0.15, 0.2) is 0 Å². The first-order chi connectivity index (χ1) is 21.4. The number of pyridine rings is 2. The van der Waals surface area contributed by atoms with Crippen LogP contribution < -0.4 is 15.4 Å². The van der Waals surface area contributed by atoms with E-state index in [1.807, 2.05) is 29.1 Å². The number of anilines is 1. The average molecular weight is 681 g/mol. The SMILES string of the molecule is O=C(NCCCn1ccnc1)C1CN(C2c3ccc(Cl)cc3CCc3cc(Br)cnc32)CCN1C(=O)Nc1cc[n+](O)cc1. The maximum atomic E-state index is 13.8. The highest BCUT2D eigenvalue weighted by atomic mass is 79.9. The van der Waals surface area contributed by atoms with Crippen LogP contribution in [0.1, 0.15) is 34.8 Å². The zero-order valence-corrected chi connectivity index (χ0v) is 26.3. The lowest BCUT2D eigenvalue weighted by Gasteiger charge is -2.43. The summed E-state index contributed by atoms with van der Waals surface area (Å²) in [4.78, 5) is 40.2. The largest absolute Gasteiger partial charge is 0.354 e. The Balaban J connectivity index is 1.27. The Morgan fingerprint density at radius 1 is 1.11 bits per heavy atom. The van der Waals surface area contributed by atoms with Crippen LogP contribution in [0.15, 0.2) is 78.2 Å². The van der Waals surface area contributed by atoms with Gasteiger partial charge >= 0.3 is 6.03 Å². The van der Waals surface area contributed by atoms with E-state index in [9.17, 15) is 14.8 Å². The number of aryl methyl sites for hydroxylation is 3. The summed E-state index contributed by atoms with van der Waals surface area (Å²) in [5.74, 6) is -0.217. The molecule has 11 nitrogen and oxygen atoms in total. The molecule has 3 amide bonds. The number of aromatic nitrogens is 4. The van der Waals surface area contributed by atoms with Gasteiger partial charge in [0.05, 0.1) is 23.8 Å². The Hall–Kier alpha value is -4.00. The molecule has 2 atom stereocenters. The third-order valence-corrected chi connectivity index (χ3v) is 8.82. The van der Waals surface area contributed by atoms with Crippen molar-refractivity contribution in [3.05, 3.63) is 106 Å². The molecule has 1 saturated heterocycles. The lowest BCUT2D eigenvalue weighted by atomic mass is 9.95. The summed E-state index contributed by atoms with van der Waals surface area (Å²) in [6, 6.07) is 9.96. The molecule has 1 aliphatic carbocycles. The lowest BCUT2D eigenvalue weighted by Crippen LogP contribution is -2.62. The molecule has 2 unspecified atom stereocenters. The third kappa shape index (κ3) is 6.72. The minimum atomic E-state index is -0.749. The maximum Gasteiger partial charge on any atom is 0.322 e. The minimum absolute atomic E-state index is 0.205. The molecule has 4 aromatic rings. The summed E-state index contributed by atoms with van der Waals surface area (Å²) < 4.78 is 3.78. The van der Waals surface area contributed by atoms with Gasteiger partial charge in [0.25, 0.3) is 0 Å². The number of imidazole rings is 1. The molecule has 6 rings (SSSR count). The van der Waals surface area contributed by atoms with Crippen molar-refractivity contribution in [2.24, 2.45) is 0 Å². The van der Waals surface area contributed by atoms with Crippen molar-refractivity contribution >= 4 is 45.2 Å². The van der Waals surface area contributed by atoms with Crippen LogP contribution >= 0.6 is 27.5 Å². The molecule has 0 radical (unpaired) electrons. The van der Waals surface area contributed by atoms with Crippen molar-refractivity contribution in [1.29, 1.82) is 0 Å². The van der Waals surface area contributed by atoms with Gasteiger partial charge in [-0.3, -0.25) is 19.9 Å². The van der Waals surface area contributed by atoms with E-state index in [1.165, 1.54) is 12.4 Å². The summed E-state index contributed by atoms with van der Waals surface area (Å²) in [7, 11) is 0. The number of carbonyl (C=O) groups is 2. The Kier molecular flexibility index (Phi) is 9.10. The standard InChI is InChI=1S/C31H32BrClN8O3/c32-23-16-22-3-2-21-17-24(33)4-5-26(21)29(28(22)36-18-23)39-14-15-41(31(43)37-25-6-11-40(44)12-7-25)27(19-39)30(42)35-8-1-10-38-13-9-34-20-38/h4-7,9,11-13,16-18,20,27,29,44H,1-3,8,10,14-15,19H2,(H,35,42)/p+1. The lowest BCUT2D eigenvalue weighted by molar-refractivity contribution is -0.904. The minimum Gasteiger partial charge on any atom is -0.354 e. The number of rotatable bonds is 7. The smallest absolute Gasteiger partial charge is 0.322 e. The normalized spacial score (nSPS) is 18.2. The molecule has 4 heterocycles. The van der Waals surface area contributed by atoms with Crippen molar-refractivity contribution in [2.45, 2.75) is 37.9 Å². The van der Waals surface area contributed by atoms with Crippen molar-refractivity contribution in [3.8, 4) is 0 Å². The van der Waals surface area contributed by atoms with Gasteiger partial charge in [0, 0.05) is 77.7 Å². The molecule has 44 heavy (non-hydrogen) atoms. The molecule has 1 aromatic carbocycles. The molecule has 3 aromatic heterocycles. The van der Waals surface area contributed by atoms with Crippen LogP contribution in [0.5, 0.6) is 0 Å². The number of hydrogen-bond donors (Lipinski definition) is 3. The predicted molar refractivity (Wildman–Crippen MR) is 167 cm³/mol. The van der Waals surface area contributed by atoms with E-state index in [0.717, 1.165) is 57.4 Å². The fraction of sp³-hybridized carbons (Fsp3) is 0.323. The molecule has 0 saturated carbocycles. The van der Waals surface area contributed by atoms with Crippen LogP contribution in [0.4, 0.5) is 10.5 Å². The maximum absolute atomic E-state index is 13.8. The van der Waals surface area contributed by atoms with Gasteiger partial charge in [0.2, 0.25) is 18.3 Å². The summed E-state index contributed by atoms with van der Waals surface area (Å²) in [5, 5.41) is 16.2. The molecule has 1 fully saturated rings. The molecule has 3 N–H and O–H groups in total. The fourth-order valence-corrected chi connectivity index (χ4v) is 6.57. The molecular weight excluding hydrogens is 648 g/mol. The highest BCUT2D eigenvalue weighted by molar-refractivity contribution is 9.10. The summed E-state index contributed by atoms with van der Waals surface area (Å²) in [6.07, 6.45) is 12.4. The number of fused-ring (bicyclic) bond motifs is 2. The van der Waals surface area contributed by atoms with Crippen molar-refractivity contribution < 1.29 is 19.5 Å². The van der Waals surface area contributed by atoms with Crippen LogP contribution in [0.2, 0.25) is 5.02 Å². The Bertz CT molecular complexity index is 1580. The monoisotopic (exact) mass is 679 g/mol. The van der Waals surface area contributed by atoms with Gasteiger partial charge in [-0.25, -0.2) is 9.78 Å². The number of piperazine rings is 1. The summed E-state index contributed by atoms with van der Waals surface area (Å²) >= 11 is 10.0. The predicted octanol–water partition coefficient (Wildman–Crippen LogP) is 3.83. The number of hydrogen-bond acceptors (Lipinski definition) is 6. The number of nitrogens with one attached hydrogen (secondary N) is 2. The summed E-state index contributed by atoms with van der Waals surface area (Å²) in [6.45, 7) is 2.36. The van der Waals surface area contributed by atoms with Gasteiger partial charge in [-0.15, -0.1) is 0 Å².